The van der Waals surface area contributed by atoms with Crippen LogP contribution in [0.3, 0.4) is 0 Å². The Morgan fingerprint density at radius 2 is 1.59 bits per heavy atom. The van der Waals surface area contributed by atoms with E-state index >= 15 is 0 Å². The molecule has 1 rings (SSSR count). The minimum atomic E-state index is -5.81. The summed E-state index contributed by atoms with van der Waals surface area (Å²) in [5, 5.41) is 16.1. The number of aliphatic hydroxyl groups is 1. The lowest BCUT2D eigenvalue weighted by Crippen LogP contribution is -2.61. The lowest BCUT2D eigenvalue weighted by Gasteiger charge is -2.38. The Balaban J connectivity index is 3.18. The standard InChI is InChI=1S/C9H9F6NO/c10-8(11,12)7(17,9(13,14)15)5-1-3-6(16)4-2-5/h1,3,5,16-17H,2,4H2. The Hall–Kier alpha value is -1.05. The fourth-order valence-electron chi connectivity index (χ4n) is 1.65. The first kappa shape index (κ1) is 14.0. The van der Waals surface area contributed by atoms with Gasteiger partial charge < -0.3 is 10.5 Å². The summed E-state index contributed by atoms with van der Waals surface area (Å²) >= 11 is 0. The van der Waals surface area contributed by atoms with Crippen LogP contribution in [0, 0.1) is 11.3 Å². The van der Waals surface area contributed by atoms with Gasteiger partial charge in [-0.3, -0.25) is 0 Å². The van der Waals surface area contributed by atoms with Crippen molar-refractivity contribution >= 4 is 5.71 Å². The van der Waals surface area contributed by atoms with Crippen LogP contribution in [0.5, 0.6) is 0 Å². The third-order valence-electron chi connectivity index (χ3n) is 2.66. The molecular formula is C9H9F6NO. The summed E-state index contributed by atoms with van der Waals surface area (Å²) in [6.45, 7) is 0. The predicted octanol–water partition coefficient (Wildman–Crippen LogP) is 2.83. The van der Waals surface area contributed by atoms with Crippen LogP contribution in [0.15, 0.2) is 12.2 Å². The van der Waals surface area contributed by atoms with Crippen molar-refractivity contribution in [2.75, 3.05) is 0 Å². The Morgan fingerprint density at radius 1 is 1.12 bits per heavy atom. The van der Waals surface area contributed by atoms with Gasteiger partial charge in [0.2, 0.25) is 0 Å². The number of allylic oxidation sites excluding steroid dienone is 1. The van der Waals surface area contributed by atoms with Crippen molar-refractivity contribution in [2.24, 2.45) is 5.92 Å². The van der Waals surface area contributed by atoms with Crippen LogP contribution < -0.4 is 0 Å². The number of rotatable bonds is 1. The molecule has 1 atom stereocenters. The van der Waals surface area contributed by atoms with Gasteiger partial charge in [-0.05, 0) is 18.9 Å². The topological polar surface area (TPSA) is 44.1 Å². The molecule has 0 saturated carbocycles. The zero-order chi connectivity index (χ0) is 13.5. The molecule has 0 spiro atoms. The second-order valence-corrected chi connectivity index (χ2v) is 3.79. The lowest BCUT2D eigenvalue weighted by molar-refractivity contribution is -0.380. The number of nitrogens with one attached hydrogen (secondary N) is 1. The summed E-state index contributed by atoms with van der Waals surface area (Å²) in [6, 6.07) is 0. The number of alkyl halides is 6. The van der Waals surface area contributed by atoms with Crippen molar-refractivity contribution in [3.8, 4) is 0 Å². The summed E-state index contributed by atoms with van der Waals surface area (Å²) in [5.41, 5.74) is -4.81. The fraction of sp³-hybridized carbons (Fsp3) is 0.667. The molecule has 0 amide bonds. The van der Waals surface area contributed by atoms with Gasteiger partial charge in [-0.15, -0.1) is 0 Å². The van der Waals surface area contributed by atoms with E-state index in [0.29, 0.717) is 6.08 Å². The zero-order valence-corrected chi connectivity index (χ0v) is 8.36. The van der Waals surface area contributed by atoms with Crippen molar-refractivity contribution in [1.29, 1.82) is 5.41 Å². The van der Waals surface area contributed by atoms with E-state index in [-0.39, 0.29) is 12.1 Å². The second-order valence-electron chi connectivity index (χ2n) is 3.79. The Kier molecular flexibility index (Phi) is 3.30. The fourth-order valence-corrected chi connectivity index (χ4v) is 1.65. The quantitative estimate of drug-likeness (QED) is 0.700. The number of halogens is 6. The van der Waals surface area contributed by atoms with Gasteiger partial charge in [0, 0.05) is 11.6 Å². The maximum Gasteiger partial charge on any atom is 0.426 e. The average Bonchev–Trinajstić information content (AvgIpc) is 2.14. The van der Waals surface area contributed by atoms with Gasteiger partial charge in [-0.2, -0.15) is 26.3 Å². The molecule has 0 heterocycles. The average molecular weight is 261 g/mol. The van der Waals surface area contributed by atoms with Crippen LogP contribution in [0.1, 0.15) is 12.8 Å². The van der Waals surface area contributed by atoms with Crippen molar-refractivity contribution in [1.82, 2.24) is 0 Å². The summed E-state index contributed by atoms with van der Waals surface area (Å²) in [6.07, 6.45) is -11.0. The van der Waals surface area contributed by atoms with E-state index in [1.54, 1.807) is 0 Å². The van der Waals surface area contributed by atoms with Crippen LogP contribution in [-0.2, 0) is 0 Å². The van der Waals surface area contributed by atoms with E-state index in [2.05, 4.69) is 0 Å². The molecular weight excluding hydrogens is 252 g/mol. The molecule has 1 aliphatic rings. The molecule has 1 aliphatic carbocycles. The highest BCUT2D eigenvalue weighted by atomic mass is 19.4. The van der Waals surface area contributed by atoms with Gasteiger partial charge in [0.25, 0.3) is 5.60 Å². The summed E-state index contributed by atoms with van der Waals surface area (Å²) in [5.74, 6) is -2.11. The Morgan fingerprint density at radius 3 is 1.88 bits per heavy atom. The highest BCUT2D eigenvalue weighted by Crippen LogP contribution is 2.49. The van der Waals surface area contributed by atoms with Crippen molar-refractivity contribution in [3.63, 3.8) is 0 Å². The van der Waals surface area contributed by atoms with Crippen LogP contribution in [0.2, 0.25) is 0 Å². The van der Waals surface area contributed by atoms with E-state index in [4.69, 9.17) is 10.5 Å². The molecule has 0 aromatic heterocycles. The summed E-state index contributed by atoms with van der Waals surface area (Å²) < 4.78 is 74.5. The first-order chi connectivity index (χ1) is 7.50. The van der Waals surface area contributed by atoms with E-state index < -0.39 is 30.3 Å². The normalized spacial score (nSPS) is 23.0. The van der Waals surface area contributed by atoms with Gasteiger partial charge in [-0.25, -0.2) is 0 Å². The van der Waals surface area contributed by atoms with Crippen LogP contribution in [0.4, 0.5) is 26.3 Å². The molecule has 17 heavy (non-hydrogen) atoms. The third-order valence-corrected chi connectivity index (χ3v) is 2.66. The molecule has 0 radical (unpaired) electrons. The first-order valence-corrected chi connectivity index (χ1v) is 4.61. The molecule has 0 bridgehead atoms. The van der Waals surface area contributed by atoms with Gasteiger partial charge in [0.05, 0.1) is 0 Å². The highest BCUT2D eigenvalue weighted by molar-refractivity contribution is 5.93. The number of hydrogen-bond donors (Lipinski definition) is 2. The zero-order valence-electron chi connectivity index (χ0n) is 8.36. The molecule has 0 saturated heterocycles. The predicted molar refractivity (Wildman–Crippen MR) is 46.7 cm³/mol. The molecule has 2 nitrogen and oxygen atoms in total. The van der Waals surface area contributed by atoms with Crippen molar-refractivity contribution < 1.29 is 31.4 Å². The molecule has 0 aliphatic heterocycles. The summed E-state index contributed by atoms with van der Waals surface area (Å²) in [7, 11) is 0. The molecule has 0 aromatic rings. The first-order valence-electron chi connectivity index (χ1n) is 4.61. The largest absolute Gasteiger partial charge is 0.426 e. The van der Waals surface area contributed by atoms with E-state index in [0.717, 1.165) is 6.08 Å². The van der Waals surface area contributed by atoms with Gasteiger partial charge in [0.1, 0.15) is 0 Å². The third kappa shape index (κ3) is 2.31. The number of hydrogen-bond acceptors (Lipinski definition) is 2. The minimum absolute atomic E-state index is 0.0621. The minimum Gasteiger partial charge on any atom is -0.373 e. The molecule has 0 fully saturated rings. The lowest BCUT2D eigenvalue weighted by atomic mass is 9.79. The van der Waals surface area contributed by atoms with Crippen molar-refractivity contribution in [3.05, 3.63) is 12.2 Å². The maximum absolute atomic E-state index is 12.4. The summed E-state index contributed by atoms with van der Waals surface area (Å²) in [4.78, 5) is 0. The van der Waals surface area contributed by atoms with E-state index in [9.17, 15) is 26.3 Å². The smallest absolute Gasteiger partial charge is 0.373 e. The van der Waals surface area contributed by atoms with Crippen LogP contribution >= 0.6 is 0 Å². The van der Waals surface area contributed by atoms with Gasteiger partial charge in [-0.1, -0.05) is 6.08 Å². The molecule has 0 aromatic carbocycles. The van der Waals surface area contributed by atoms with E-state index in [1.807, 2.05) is 0 Å². The van der Waals surface area contributed by atoms with Crippen LogP contribution in [-0.4, -0.2) is 28.8 Å². The Bertz CT molecular complexity index is 328. The SMILES string of the molecule is N=C1C=CC(C(O)(C(F)(F)F)C(F)(F)F)CC1. The van der Waals surface area contributed by atoms with Gasteiger partial charge >= 0.3 is 12.4 Å². The molecule has 1 unspecified atom stereocenters. The van der Waals surface area contributed by atoms with Crippen molar-refractivity contribution in [2.45, 2.75) is 30.8 Å². The van der Waals surface area contributed by atoms with Crippen LogP contribution in [0.25, 0.3) is 0 Å². The second kappa shape index (κ2) is 4.01. The maximum atomic E-state index is 12.4. The van der Waals surface area contributed by atoms with Gasteiger partial charge in [0.15, 0.2) is 0 Å². The highest BCUT2D eigenvalue weighted by Gasteiger charge is 2.73. The molecule has 2 N–H and O–H groups in total. The monoisotopic (exact) mass is 261 g/mol. The molecule has 98 valence electrons. The van der Waals surface area contributed by atoms with E-state index in [1.165, 1.54) is 0 Å². The molecule has 8 heteroatoms. The Labute approximate surface area is 92.4 Å².